The second kappa shape index (κ2) is 5.12. The number of carbonyl (C=O) groups excluding carboxylic acids is 1. The molecule has 16 heavy (non-hydrogen) atoms. The standard InChI is InChI=1S/C11H19N3O2/c1-11(2,10(15)16-4)8-12-7-9-5-6-14(3)13-9/h5-6,12H,7-8H2,1-4H3. The Labute approximate surface area is 95.8 Å². The number of nitrogens with one attached hydrogen (secondary N) is 1. The van der Waals surface area contributed by atoms with Crippen LogP contribution in [0.1, 0.15) is 19.5 Å². The molecule has 0 atom stereocenters. The Morgan fingerprint density at radius 3 is 2.81 bits per heavy atom. The zero-order chi connectivity index (χ0) is 12.2. The third-order valence-electron chi connectivity index (χ3n) is 2.38. The maximum atomic E-state index is 11.4. The molecule has 0 unspecified atom stereocenters. The van der Waals surface area contributed by atoms with E-state index in [0.717, 1.165) is 5.69 Å². The number of ether oxygens (including phenoxy) is 1. The van der Waals surface area contributed by atoms with E-state index in [9.17, 15) is 4.79 Å². The third kappa shape index (κ3) is 3.34. The summed E-state index contributed by atoms with van der Waals surface area (Å²) >= 11 is 0. The van der Waals surface area contributed by atoms with Crippen molar-refractivity contribution in [1.29, 1.82) is 0 Å². The summed E-state index contributed by atoms with van der Waals surface area (Å²) in [7, 11) is 3.28. The van der Waals surface area contributed by atoms with E-state index >= 15 is 0 Å². The Balaban J connectivity index is 2.38. The minimum atomic E-state index is -0.510. The predicted molar refractivity (Wildman–Crippen MR) is 60.7 cm³/mol. The van der Waals surface area contributed by atoms with Crippen molar-refractivity contribution in [3.8, 4) is 0 Å². The van der Waals surface area contributed by atoms with Crippen LogP contribution < -0.4 is 5.32 Å². The molecule has 0 radical (unpaired) electrons. The number of hydrogen-bond acceptors (Lipinski definition) is 4. The molecule has 5 heteroatoms. The molecule has 0 aromatic carbocycles. The zero-order valence-corrected chi connectivity index (χ0v) is 10.3. The number of esters is 1. The lowest BCUT2D eigenvalue weighted by molar-refractivity contribution is -0.150. The van der Waals surface area contributed by atoms with E-state index in [0.29, 0.717) is 13.1 Å². The van der Waals surface area contributed by atoms with Crippen molar-refractivity contribution in [3.63, 3.8) is 0 Å². The van der Waals surface area contributed by atoms with Crippen molar-refractivity contribution in [1.82, 2.24) is 15.1 Å². The minimum Gasteiger partial charge on any atom is -0.469 e. The monoisotopic (exact) mass is 225 g/mol. The summed E-state index contributed by atoms with van der Waals surface area (Å²) in [6, 6.07) is 1.94. The first kappa shape index (κ1) is 12.7. The number of nitrogens with zero attached hydrogens (tertiary/aromatic N) is 2. The van der Waals surface area contributed by atoms with Gasteiger partial charge in [0, 0.05) is 26.3 Å². The van der Waals surface area contributed by atoms with E-state index in [1.807, 2.05) is 33.2 Å². The van der Waals surface area contributed by atoms with E-state index in [1.165, 1.54) is 7.11 Å². The van der Waals surface area contributed by atoms with E-state index in [1.54, 1.807) is 4.68 Å². The summed E-state index contributed by atoms with van der Waals surface area (Å²) in [5.74, 6) is -0.207. The van der Waals surface area contributed by atoms with Crippen LogP contribution in [0.15, 0.2) is 12.3 Å². The molecule has 0 saturated heterocycles. The Morgan fingerprint density at radius 1 is 1.62 bits per heavy atom. The van der Waals surface area contributed by atoms with Gasteiger partial charge in [-0.25, -0.2) is 0 Å². The minimum absolute atomic E-state index is 0.207. The molecule has 0 fully saturated rings. The van der Waals surface area contributed by atoms with Crippen molar-refractivity contribution in [2.45, 2.75) is 20.4 Å². The topological polar surface area (TPSA) is 56.1 Å². The van der Waals surface area contributed by atoms with E-state index in [4.69, 9.17) is 4.74 Å². The van der Waals surface area contributed by atoms with Gasteiger partial charge in [0.05, 0.1) is 18.2 Å². The van der Waals surface area contributed by atoms with E-state index in [2.05, 4.69) is 10.4 Å². The predicted octanol–water partition coefficient (Wildman–Crippen LogP) is 0.709. The first-order valence-corrected chi connectivity index (χ1v) is 5.23. The van der Waals surface area contributed by atoms with Crippen LogP contribution in [-0.4, -0.2) is 29.4 Å². The van der Waals surface area contributed by atoms with Gasteiger partial charge in [-0.2, -0.15) is 5.10 Å². The summed E-state index contributed by atoms with van der Waals surface area (Å²) < 4.78 is 6.48. The molecule has 0 aliphatic carbocycles. The Hall–Kier alpha value is -1.36. The highest BCUT2D eigenvalue weighted by atomic mass is 16.5. The molecule has 0 bridgehead atoms. The van der Waals surface area contributed by atoms with Crippen molar-refractivity contribution in [2.24, 2.45) is 12.5 Å². The average molecular weight is 225 g/mol. The van der Waals surface area contributed by atoms with Gasteiger partial charge >= 0.3 is 5.97 Å². The SMILES string of the molecule is COC(=O)C(C)(C)CNCc1ccn(C)n1. The Bertz CT molecular complexity index is 358. The van der Waals surface area contributed by atoms with Crippen molar-refractivity contribution < 1.29 is 9.53 Å². The highest BCUT2D eigenvalue weighted by molar-refractivity contribution is 5.76. The number of rotatable bonds is 5. The van der Waals surface area contributed by atoms with Gasteiger partial charge < -0.3 is 10.1 Å². The van der Waals surface area contributed by atoms with Crippen LogP contribution in [-0.2, 0) is 23.1 Å². The molecule has 1 aromatic rings. The quantitative estimate of drug-likeness (QED) is 0.750. The van der Waals surface area contributed by atoms with Crippen LogP contribution in [0.2, 0.25) is 0 Å². The van der Waals surface area contributed by atoms with Gasteiger partial charge in [-0.05, 0) is 19.9 Å². The summed E-state index contributed by atoms with van der Waals surface area (Å²) in [5, 5.41) is 7.43. The van der Waals surface area contributed by atoms with Gasteiger partial charge in [0.25, 0.3) is 0 Å². The fourth-order valence-corrected chi connectivity index (χ4v) is 1.41. The maximum Gasteiger partial charge on any atom is 0.312 e. The highest BCUT2D eigenvalue weighted by Crippen LogP contribution is 2.15. The number of carbonyl (C=O) groups is 1. The van der Waals surface area contributed by atoms with Gasteiger partial charge in [-0.15, -0.1) is 0 Å². The molecule has 0 saturated carbocycles. The molecule has 5 nitrogen and oxygen atoms in total. The summed E-state index contributed by atoms with van der Waals surface area (Å²) in [6.07, 6.45) is 1.89. The number of hydrogen-bond donors (Lipinski definition) is 1. The lowest BCUT2D eigenvalue weighted by atomic mass is 9.94. The van der Waals surface area contributed by atoms with Crippen LogP contribution in [0.25, 0.3) is 0 Å². The molecule has 0 aliphatic rings. The van der Waals surface area contributed by atoms with Crippen molar-refractivity contribution in [2.75, 3.05) is 13.7 Å². The second-order valence-corrected chi connectivity index (χ2v) is 4.46. The van der Waals surface area contributed by atoms with Gasteiger partial charge in [0.1, 0.15) is 0 Å². The van der Waals surface area contributed by atoms with Crippen LogP contribution in [0.3, 0.4) is 0 Å². The van der Waals surface area contributed by atoms with E-state index in [-0.39, 0.29) is 5.97 Å². The van der Waals surface area contributed by atoms with Crippen LogP contribution in [0.5, 0.6) is 0 Å². The zero-order valence-electron chi connectivity index (χ0n) is 10.3. The number of aromatic nitrogens is 2. The Morgan fingerprint density at radius 2 is 2.31 bits per heavy atom. The summed E-state index contributed by atoms with van der Waals surface area (Å²) in [5.41, 5.74) is 0.451. The van der Waals surface area contributed by atoms with Crippen LogP contribution in [0, 0.1) is 5.41 Å². The largest absolute Gasteiger partial charge is 0.469 e. The van der Waals surface area contributed by atoms with Crippen molar-refractivity contribution in [3.05, 3.63) is 18.0 Å². The highest BCUT2D eigenvalue weighted by Gasteiger charge is 2.27. The number of methoxy groups -OCH3 is 1. The summed E-state index contributed by atoms with van der Waals surface area (Å²) in [6.45, 7) is 4.92. The van der Waals surface area contributed by atoms with Crippen LogP contribution >= 0.6 is 0 Å². The van der Waals surface area contributed by atoms with Crippen molar-refractivity contribution >= 4 is 5.97 Å². The normalized spacial score (nSPS) is 11.5. The molecule has 90 valence electrons. The van der Waals surface area contributed by atoms with Gasteiger partial charge in [0.15, 0.2) is 0 Å². The third-order valence-corrected chi connectivity index (χ3v) is 2.38. The van der Waals surface area contributed by atoms with Gasteiger partial charge in [-0.1, -0.05) is 0 Å². The fourth-order valence-electron chi connectivity index (χ4n) is 1.41. The molecule has 1 heterocycles. The molecule has 0 spiro atoms. The van der Waals surface area contributed by atoms with E-state index < -0.39 is 5.41 Å². The average Bonchev–Trinajstić information content (AvgIpc) is 2.62. The molecule has 0 aliphatic heterocycles. The van der Waals surface area contributed by atoms with Gasteiger partial charge in [0.2, 0.25) is 0 Å². The molecular weight excluding hydrogens is 206 g/mol. The molecule has 1 rings (SSSR count). The maximum absolute atomic E-state index is 11.4. The lowest BCUT2D eigenvalue weighted by Gasteiger charge is -2.21. The summed E-state index contributed by atoms with van der Waals surface area (Å²) in [4.78, 5) is 11.4. The second-order valence-electron chi connectivity index (χ2n) is 4.46. The molecule has 1 aromatic heterocycles. The van der Waals surface area contributed by atoms with Crippen LogP contribution in [0.4, 0.5) is 0 Å². The molecule has 0 amide bonds. The van der Waals surface area contributed by atoms with Gasteiger partial charge in [-0.3, -0.25) is 9.48 Å². The Kier molecular flexibility index (Phi) is 4.06. The smallest absolute Gasteiger partial charge is 0.312 e. The molecular formula is C11H19N3O2. The first-order valence-electron chi connectivity index (χ1n) is 5.23. The first-order chi connectivity index (χ1) is 7.45. The molecule has 1 N–H and O–H groups in total. The number of aryl methyl sites for hydroxylation is 1. The fraction of sp³-hybridized carbons (Fsp3) is 0.636. The lowest BCUT2D eigenvalue weighted by Crippen LogP contribution is -2.36.